The first kappa shape index (κ1) is 20.1. The number of aliphatic carboxylic acids is 1. The van der Waals surface area contributed by atoms with Gasteiger partial charge in [-0.15, -0.1) is 0 Å². The third kappa shape index (κ3) is 6.25. The van der Waals surface area contributed by atoms with Gasteiger partial charge in [-0.05, 0) is 26.0 Å². The summed E-state index contributed by atoms with van der Waals surface area (Å²) in [4.78, 5) is 47.6. The normalized spacial score (nSPS) is 12.6. The summed E-state index contributed by atoms with van der Waals surface area (Å²) < 4.78 is 9.61. The zero-order chi connectivity index (χ0) is 18.8. The van der Waals surface area contributed by atoms with Crippen LogP contribution in [0.5, 0.6) is 0 Å². The molecule has 1 aromatic carbocycles. The lowest BCUT2D eigenvalue weighted by molar-refractivity contribution is -0.159. The van der Waals surface area contributed by atoms with E-state index in [1.54, 1.807) is 32.0 Å². The van der Waals surface area contributed by atoms with Crippen molar-refractivity contribution in [3.05, 3.63) is 35.9 Å². The predicted octanol–water partition coefficient (Wildman–Crippen LogP) is 1.00. The highest BCUT2D eigenvalue weighted by Crippen LogP contribution is 2.15. The van der Waals surface area contributed by atoms with Crippen molar-refractivity contribution in [1.82, 2.24) is 5.32 Å². The fraction of sp³-hybridized carbons (Fsp3) is 0.412. The maximum absolute atomic E-state index is 12.2. The van der Waals surface area contributed by atoms with E-state index in [-0.39, 0.29) is 18.8 Å². The smallest absolute Gasteiger partial charge is 0.327 e. The number of nitrogens with one attached hydrogen (secondary N) is 1. The first-order valence-corrected chi connectivity index (χ1v) is 7.81. The number of benzene rings is 1. The van der Waals surface area contributed by atoms with Crippen LogP contribution in [0.2, 0.25) is 0 Å². The molecule has 0 aliphatic rings. The highest BCUT2D eigenvalue weighted by atomic mass is 16.5. The van der Waals surface area contributed by atoms with E-state index in [0.717, 1.165) is 0 Å². The van der Waals surface area contributed by atoms with Gasteiger partial charge < -0.3 is 19.9 Å². The molecule has 0 radical (unpaired) electrons. The summed E-state index contributed by atoms with van der Waals surface area (Å²) in [5.41, 5.74) is 0.229. The van der Waals surface area contributed by atoms with Gasteiger partial charge in [0.2, 0.25) is 0 Å². The van der Waals surface area contributed by atoms with Crippen molar-refractivity contribution in [2.45, 2.75) is 26.3 Å². The molecule has 1 aromatic rings. The van der Waals surface area contributed by atoms with Crippen LogP contribution in [0.3, 0.4) is 0 Å². The number of carbonyl (C=O) groups excluding carboxylic acids is 3. The second-order valence-electron chi connectivity index (χ2n) is 5.02. The highest BCUT2D eigenvalue weighted by Gasteiger charge is 2.38. The van der Waals surface area contributed by atoms with Crippen LogP contribution in [0.15, 0.2) is 30.3 Å². The van der Waals surface area contributed by atoms with Gasteiger partial charge in [0.15, 0.2) is 0 Å². The van der Waals surface area contributed by atoms with Crippen molar-refractivity contribution in [3.8, 4) is 0 Å². The lowest BCUT2D eigenvalue weighted by Crippen LogP contribution is -2.49. The Morgan fingerprint density at radius 1 is 1.04 bits per heavy atom. The average molecular weight is 351 g/mol. The fourth-order valence-corrected chi connectivity index (χ4v) is 2.13. The zero-order valence-corrected chi connectivity index (χ0v) is 14.1. The van der Waals surface area contributed by atoms with Crippen LogP contribution < -0.4 is 5.32 Å². The summed E-state index contributed by atoms with van der Waals surface area (Å²) in [6, 6.07) is 6.31. The van der Waals surface area contributed by atoms with Crippen LogP contribution in [-0.4, -0.2) is 48.2 Å². The molecule has 1 rings (SSSR count). The number of carboxylic acids is 1. The summed E-state index contributed by atoms with van der Waals surface area (Å²) in [5, 5.41) is 11.7. The largest absolute Gasteiger partial charge is 0.480 e. The number of esters is 2. The average Bonchev–Trinajstić information content (AvgIpc) is 2.58. The van der Waals surface area contributed by atoms with Crippen LogP contribution in [0.25, 0.3) is 0 Å². The molecule has 0 aliphatic carbocycles. The van der Waals surface area contributed by atoms with Crippen molar-refractivity contribution in [3.63, 3.8) is 0 Å². The van der Waals surface area contributed by atoms with Gasteiger partial charge >= 0.3 is 17.9 Å². The Kier molecular flexibility index (Phi) is 8.11. The minimum atomic E-state index is -1.63. The lowest BCUT2D eigenvalue weighted by Gasteiger charge is -2.22. The molecule has 0 saturated heterocycles. The number of hydrogen-bond acceptors (Lipinski definition) is 6. The van der Waals surface area contributed by atoms with E-state index in [9.17, 15) is 24.3 Å². The zero-order valence-electron chi connectivity index (χ0n) is 14.1. The Hall–Kier alpha value is -2.90. The molecule has 0 spiro atoms. The maximum atomic E-state index is 12.2. The van der Waals surface area contributed by atoms with Crippen LogP contribution in [0.4, 0.5) is 0 Å². The third-order valence-corrected chi connectivity index (χ3v) is 3.27. The minimum Gasteiger partial charge on any atom is -0.480 e. The van der Waals surface area contributed by atoms with E-state index in [2.05, 4.69) is 5.32 Å². The predicted molar refractivity (Wildman–Crippen MR) is 86.7 cm³/mol. The second kappa shape index (κ2) is 10.1. The van der Waals surface area contributed by atoms with Gasteiger partial charge in [-0.1, -0.05) is 18.2 Å². The molecule has 0 heterocycles. The quantitative estimate of drug-likeness (QED) is 0.637. The SMILES string of the molecule is CCOC(=O)C[C@H](C(=O)OCC)[C@H](NC(=O)c1ccccc1)C(=O)O. The summed E-state index contributed by atoms with van der Waals surface area (Å²) in [7, 11) is 0. The van der Waals surface area contributed by atoms with Gasteiger partial charge in [0.05, 0.1) is 25.6 Å². The Balaban J connectivity index is 3.01. The molecule has 8 nitrogen and oxygen atoms in total. The molecule has 0 bridgehead atoms. The van der Waals surface area contributed by atoms with Crippen LogP contribution >= 0.6 is 0 Å². The highest BCUT2D eigenvalue weighted by molar-refractivity contribution is 5.98. The van der Waals surface area contributed by atoms with Gasteiger partial charge in [0.25, 0.3) is 5.91 Å². The van der Waals surface area contributed by atoms with E-state index in [4.69, 9.17) is 9.47 Å². The Bertz CT molecular complexity index is 615. The van der Waals surface area contributed by atoms with Crippen molar-refractivity contribution < 1.29 is 33.8 Å². The standard InChI is InChI=1S/C17H21NO7/c1-3-24-13(19)10-12(17(23)25-4-2)14(16(21)22)18-15(20)11-8-6-5-7-9-11/h5-9,12,14H,3-4,10H2,1-2H3,(H,18,20)(H,21,22)/t12-,14-/m0/s1. The topological polar surface area (TPSA) is 119 Å². The van der Waals surface area contributed by atoms with Crippen molar-refractivity contribution in [2.24, 2.45) is 5.92 Å². The molecule has 0 aliphatic heterocycles. The van der Waals surface area contributed by atoms with Gasteiger partial charge in [-0.2, -0.15) is 0 Å². The molecule has 136 valence electrons. The Morgan fingerprint density at radius 2 is 1.64 bits per heavy atom. The maximum Gasteiger partial charge on any atom is 0.327 e. The molecule has 0 aromatic heterocycles. The number of ether oxygens (including phenoxy) is 2. The molecule has 0 unspecified atom stereocenters. The lowest BCUT2D eigenvalue weighted by atomic mass is 9.95. The Morgan fingerprint density at radius 3 is 2.16 bits per heavy atom. The van der Waals surface area contributed by atoms with E-state index >= 15 is 0 Å². The molecule has 2 N–H and O–H groups in total. The number of amides is 1. The van der Waals surface area contributed by atoms with E-state index < -0.39 is 42.2 Å². The third-order valence-electron chi connectivity index (χ3n) is 3.27. The van der Waals surface area contributed by atoms with Crippen molar-refractivity contribution >= 4 is 23.8 Å². The molecule has 25 heavy (non-hydrogen) atoms. The molecular weight excluding hydrogens is 330 g/mol. The molecule has 8 heteroatoms. The van der Waals surface area contributed by atoms with E-state index in [0.29, 0.717) is 0 Å². The minimum absolute atomic E-state index is 0.0110. The van der Waals surface area contributed by atoms with Crippen molar-refractivity contribution in [2.75, 3.05) is 13.2 Å². The number of hydrogen-bond donors (Lipinski definition) is 2. The Labute approximate surface area is 145 Å². The van der Waals surface area contributed by atoms with Crippen molar-refractivity contribution in [1.29, 1.82) is 0 Å². The summed E-state index contributed by atoms with van der Waals surface area (Å²) in [6.07, 6.45) is -0.515. The number of carbonyl (C=O) groups is 4. The van der Waals surface area contributed by atoms with Gasteiger partial charge in [0, 0.05) is 5.56 Å². The first-order chi connectivity index (χ1) is 11.9. The first-order valence-electron chi connectivity index (χ1n) is 7.81. The van der Waals surface area contributed by atoms with Gasteiger partial charge in [-0.3, -0.25) is 14.4 Å². The molecule has 0 saturated carbocycles. The number of carboxylic acid groups (broad SMARTS) is 1. The van der Waals surface area contributed by atoms with Crippen LogP contribution in [0.1, 0.15) is 30.6 Å². The molecular formula is C17H21NO7. The van der Waals surface area contributed by atoms with E-state index in [1.807, 2.05) is 0 Å². The monoisotopic (exact) mass is 351 g/mol. The summed E-state index contributed by atoms with van der Waals surface area (Å²) >= 11 is 0. The molecule has 0 fully saturated rings. The molecule has 1 amide bonds. The van der Waals surface area contributed by atoms with Crippen LogP contribution in [-0.2, 0) is 23.9 Å². The summed E-state index contributed by atoms with van der Waals surface area (Å²) in [6.45, 7) is 3.24. The second-order valence-corrected chi connectivity index (χ2v) is 5.02. The van der Waals surface area contributed by atoms with E-state index in [1.165, 1.54) is 12.1 Å². The van der Waals surface area contributed by atoms with Crippen LogP contribution in [0, 0.1) is 5.92 Å². The van der Waals surface area contributed by atoms with Gasteiger partial charge in [-0.25, -0.2) is 4.79 Å². The van der Waals surface area contributed by atoms with Gasteiger partial charge in [0.1, 0.15) is 6.04 Å². The summed E-state index contributed by atoms with van der Waals surface area (Å²) in [5.74, 6) is -5.17. The number of rotatable bonds is 9. The fourth-order valence-electron chi connectivity index (χ4n) is 2.13. The molecule has 2 atom stereocenters.